The molecule has 1 aliphatic rings. The van der Waals surface area contributed by atoms with Crippen molar-refractivity contribution in [2.45, 2.75) is 44.2 Å². The van der Waals surface area contributed by atoms with Gasteiger partial charge in [-0.1, -0.05) is 48.5 Å². The largest absolute Gasteiger partial charge is 0.390 e. The second-order valence-electron chi connectivity index (χ2n) is 9.60. The maximum absolute atomic E-state index is 13.3. The number of aliphatic hydroxyl groups is 1. The molecule has 0 bridgehead atoms. The predicted molar refractivity (Wildman–Crippen MR) is 135 cm³/mol. The van der Waals surface area contributed by atoms with Gasteiger partial charge in [-0.3, -0.25) is 10.00 Å². The SMILES string of the molecule is Cc1c(-c2cnn(C)c2)nn(-c2ccccc2)c1NC(=O)N[C@@H]1CC(C)(O)C[C@H]1c1ccccc1. The van der Waals surface area contributed by atoms with Gasteiger partial charge in [-0.15, -0.1) is 0 Å². The highest BCUT2D eigenvalue weighted by molar-refractivity contribution is 5.91. The summed E-state index contributed by atoms with van der Waals surface area (Å²) in [4.78, 5) is 13.3. The van der Waals surface area contributed by atoms with Gasteiger partial charge in [-0.05, 0) is 44.4 Å². The van der Waals surface area contributed by atoms with Crippen molar-refractivity contribution in [2.75, 3.05) is 5.32 Å². The monoisotopic (exact) mass is 470 g/mol. The second kappa shape index (κ2) is 9.03. The number of carbonyl (C=O) groups is 1. The minimum Gasteiger partial charge on any atom is -0.390 e. The molecule has 180 valence electrons. The van der Waals surface area contributed by atoms with Gasteiger partial charge in [0.2, 0.25) is 0 Å². The predicted octanol–water partition coefficient (Wildman–Crippen LogP) is 4.40. The lowest BCUT2D eigenvalue weighted by Gasteiger charge is -2.21. The molecule has 2 aromatic carbocycles. The maximum atomic E-state index is 13.3. The molecule has 1 fully saturated rings. The topological polar surface area (TPSA) is 97.0 Å². The molecule has 0 radical (unpaired) electrons. The number of aryl methyl sites for hydroxylation is 1. The summed E-state index contributed by atoms with van der Waals surface area (Å²) < 4.78 is 3.47. The zero-order valence-corrected chi connectivity index (χ0v) is 20.1. The van der Waals surface area contributed by atoms with E-state index in [9.17, 15) is 9.90 Å². The molecule has 1 unspecified atom stereocenters. The molecule has 3 atom stereocenters. The van der Waals surface area contributed by atoms with Crippen LogP contribution < -0.4 is 10.6 Å². The van der Waals surface area contributed by atoms with Crippen molar-refractivity contribution in [1.29, 1.82) is 0 Å². The average molecular weight is 471 g/mol. The molecule has 3 N–H and O–H groups in total. The number of nitrogens with zero attached hydrogens (tertiary/aromatic N) is 4. The van der Waals surface area contributed by atoms with Gasteiger partial charge in [0.1, 0.15) is 11.5 Å². The van der Waals surface area contributed by atoms with Gasteiger partial charge in [0.15, 0.2) is 0 Å². The Balaban J connectivity index is 1.44. The van der Waals surface area contributed by atoms with E-state index in [1.165, 1.54) is 0 Å². The molecule has 2 heterocycles. The summed E-state index contributed by atoms with van der Waals surface area (Å²) in [5, 5.41) is 26.0. The van der Waals surface area contributed by atoms with Gasteiger partial charge in [0.05, 0.1) is 17.5 Å². The number of urea groups is 1. The molecule has 8 heteroatoms. The highest BCUT2D eigenvalue weighted by atomic mass is 16.3. The summed E-state index contributed by atoms with van der Waals surface area (Å²) in [5.41, 5.74) is 3.58. The first-order valence-corrected chi connectivity index (χ1v) is 11.8. The quantitative estimate of drug-likeness (QED) is 0.403. The Bertz CT molecular complexity index is 1330. The minimum atomic E-state index is -0.840. The Morgan fingerprint density at radius 1 is 1.09 bits per heavy atom. The van der Waals surface area contributed by atoms with Crippen LogP contribution in [0.3, 0.4) is 0 Å². The van der Waals surface area contributed by atoms with Gasteiger partial charge in [-0.2, -0.15) is 10.2 Å². The van der Waals surface area contributed by atoms with E-state index in [1.54, 1.807) is 15.6 Å². The molecule has 2 amide bonds. The summed E-state index contributed by atoms with van der Waals surface area (Å²) in [6.45, 7) is 3.77. The first kappa shape index (κ1) is 22.9. The fourth-order valence-electron chi connectivity index (χ4n) is 5.05. The van der Waals surface area contributed by atoms with Crippen LogP contribution in [0, 0.1) is 6.92 Å². The first-order chi connectivity index (χ1) is 16.8. The number of rotatable bonds is 5. The van der Waals surface area contributed by atoms with E-state index in [0.717, 1.165) is 28.1 Å². The third kappa shape index (κ3) is 4.70. The van der Waals surface area contributed by atoms with Crippen LogP contribution in [0.5, 0.6) is 0 Å². The van der Waals surface area contributed by atoms with Crippen molar-refractivity contribution in [3.05, 3.63) is 84.2 Å². The Hall–Kier alpha value is -3.91. The number of hydrogen-bond donors (Lipinski definition) is 3. The van der Waals surface area contributed by atoms with Crippen molar-refractivity contribution >= 4 is 11.8 Å². The lowest BCUT2D eigenvalue weighted by Crippen LogP contribution is -2.40. The lowest BCUT2D eigenvalue weighted by atomic mass is 9.93. The van der Waals surface area contributed by atoms with Crippen LogP contribution in [-0.2, 0) is 7.05 Å². The number of para-hydroxylation sites is 1. The summed E-state index contributed by atoms with van der Waals surface area (Å²) >= 11 is 0. The number of hydrogen-bond acceptors (Lipinski definition) is 4. The van der Waals surface area contributed by atoms with Gasteiger partial charge in [-0.25, -0.2) is 9.48 Å². The number of carbonyl (C=O) groups excluding carboxylic acids is 1. The average Bonchev–Trinajstić information content (AvgIpc) is 3.50. The third-order valence-corrected chi connectivity index (χ3v) is 6.68. The van der Waals surface area contributed by atoms with E-state index in [-0.39, 0.29) is 18.0 Å². The van der Waals surface area contributed by atoms with Gasteiger partial charge >= 0.3 is 6.03 Å². The van der Waals surface area contributed by atoms with Crippen molar-refractivity contribution < 1.29 is 9.90 Å². The highest BCUT2D eigenvalue weighted by Gasteiger charge is 2.42. The van der Waals surface area contributed by atoms with Crippen LogP contribution in [-0.4, -0.2) is 42.3 Å². The molecule has 0 aliphatic heterocycles. The van der Waals surface area contributed by atoms with Crippen LogP contribution in [0.15, 0.2) is 73.1 Å². The molecule has 1 saturated carbocycles. The zero-order chi connectivity index (χ0) is 24.6. The maximum Gasteiger partial charge on any atom is 0.320 e. The van der Waals surface area contributed by atoms with Crippen LogP contribution in [0.2, 0.25) is 0 Å². The van der Waals surface area contributed by atoms with E-state index in [0.29, 0.717) is 18.7 Å². The van der Waals surface area contributed by atoms with Crippen LogP contribution in [0.25, 0.3) is 16.9 Å². The molecular formula is C27H30N6O2. The van der Waals surface area contributed by atoms with Crippen molar-refractivity contribution in [3.63, 3.8) is 0 Å². The van der Waals surface area contributed by atoms with Gasteiger partial charge in [0, 0.05) is 36.3 Å². The first-order valence-electron chi connectivity index (χ1n) is 11.8. The number of benzene rings is 2. The van der Waals surface area contributed by atoms with E-state index >= 15 is 0 Å². The summed E-state index contributed by atoms with van der Waals surface area (Å²) in [7, 11) is 1.86. The van der Waals surface area contributed by atoms with Crippen molar-refractivity contribution in [1.82, 2.24) is 24.9 Å². The van der Waals surface area contributed by atoms with E-state index in [2.05, 4.69) is 15.7 Å². The fourth-order valence-corrected chi connectivity index (χ4v) is 5.05. The van der Waals surface area contributed by atoms with Crippen LogP contribution in [0.4, 0.5) is 10.6 Å². The molecule has 0 spiro atoms. The van der Waals surface area contributed by atoms with E-state index < -0.39 is 5.60 Å². The molecule has 5 rings (SSSR count). The Kier molecular flexibility index (Phi) is 5.90. The summed E-state index contributed by atoms with van der Waals surface area (Å²) in [5.74, 6) is 0.622. The third-order valence-electron chi connectivity index (χ3n) is 6.68. The Labute approximate surface area is 204 Å². The molecule has 0 saturated heterocycles. The van der Waals surface area contributed by atoms with Crippen LogP contribution >= 0.6 is 0 Å². The van der Waals surface area contributed by atoms with Crippen molar-refractivity contribution in [2.24, 2.45) is 7.05 Å². The van der Waals surface area contributed by atoms with Gasteiger partial charge < -0.3 is 10.4 Å². The lowest BCUT2D eigenvalue weighted by molar-refractivity contribution is 0.0647. The molecular weight excluding hydrogens is 440 g/mol. The second-order valence-corrected chi connectivity index (χ2v) is 9.60. The molecule has 4 aromatic rings. The number of aromatic nitrogens is 4. The van der Waals surface area contributed by atoms with E-state index in [1.807, 2.05) is 87.8 Å². The molecule has 8 nitrogen and oxygen atoms in total. The highest BCUT2D eigenvalue weighted by Crippen LogP contribution is 2.41. The van der Waals surface area contributed by atoms with E-state index in [4.69, 9.17) is 5.10 Å². The minimum absolute atomic E-state index is 0.0306. The molecule has 2 aromatic heterocycles. The number of nitrogens with one attached hydrogen (secondary N) is 2. The van der Waals surface area contributed by atoms with Crippen molar-refractivity contribution in [3.8, 4) is 16.9 Å². The molecule has 1 aliphatic carbocycles. The smallest absolute Gasteiger partial charge is 0.320 e. The number of anilines is 1. The zero-order valence-electron chi connectivity index (χ0n) is 20.1. The summed E-state index contributed by atoms with van der Waals surface area (Å²) in [6.07, 6.45) is 4.74. The molecule has 35 heavy (non-hydrogen) atoms. The fraction of sp³-hybridized carbons (Fsp3) is 0.296. The normalized spacial score (nSPS) is 21.7. The Morgan fingerprint density at radius 2 is 1.77 bits per heavy atom. The standard InChI is InChI=1S/C27H30N6O2/c1-18-24(20-16-28-32(3)17-20)31-33(21-12-8-5-9-13-21)25(18)30-26(34)29-23-15-27(2,35)14-22(23)19-10-6-4-7-11-19/h4-13,16-17,22-23,35H,14-15H2,1-3H3,(H2,29,30,34)/t22-,23+,27?/m0/s1. The Morgan fingerprint density at radius 3 is 2.43 bits per heavy atom. The van der Waals surface area contributed by atoms with Gasteiger partial charge in [0.25, 0.3) is 0 Å². The summed E-state index contributed by atoms with van der Waals surface area (Å²) in [6, 6.07) is 19.2. The van der Waals surface area contributed by atoms with Crippen LogP contribution in [0.1, 0.15) is 36.8 Å². The number of amides is 2.